The minimum atomic E-state index is 0.247. The summed E-state index contributed by atoms with van der Waals surface area (Å²) in [7, 11) is 0. The number of hydrogen-bond acceptors (Lipinski definition) is 3. The van der Waals surface area contributed by atoms with Crippen molar-refractivity contribution >= 4 is 65.9 Å². The Morgan fingerprint density at radius 2 is 1.05 bits per heavy atom. The minimum Gasteiger partial charge on any atom is -0.333 e. The minimum absolute atomic E-state index is 0.247. The third-order valence-electron chi connectivity index (χ3n) is 13.0. The second-order valence-corrected chi connectivity index (χ2v) is 16.3. The lowest BCUT2D eigenvalue weighted by molar-refractivity contribution is 0.745. The summed E-state index contributed by atoms with van der Waals surface area (Å²) < 4.78 is 4.79. The van der Waals surface area contributed by atoms with E-state index in [-0.39, 0.29) is 6.04 Å². The van der Waals surface area contributed by atoms with Crippen LogP contribution in [-0.2, 0) is 0 Å². The molecule has 0 fully saturated rings. The second kappa shape index (κ2) is 13.2. The fourth-order valence-electron chi connectivity index (χ4n) is 10.2. The van der Waals surface area contributed by atoms with Gasteiger partial charge in [0, 0.05) is 61.8 Å². The molecule has 3 aromatic heterocycles. The summed E-state index contributed by atoms with van der Waals surface area (Å²) in [5.74, 6) is 0.314. The van der Waals surface area contributed by atoms with Gasteiger partial charge in [0.05, 0.1) is 33.6 Å². The van der Waals surface area contributed by atoms with Crippen molar-refractivity contribution in [1.82, 2.24) is 19.1 Å². The molecule has 11 aromatic rings. The van der Waals surface area contributed by atoms with E-state index in [1.165, 1.54) is 71.8 Å². The van der Waals surface area contributed by atoms with Crippen LogP contribution in [0.5, 0.6) is 0 Å². The van der Waals surface area contributed by atoms with Crippen molar-refractivity contribution in [3.8, 4) is 33.6 Å². The van der Waals surface area contributed by atoms with Crippen molar-refractivity contribution in [3.63, 3.8) is 0 Å². The van der Waals surface area contributed by atoms with Crippen molar-refractivity contribution in [2.75, 3.05) is 4.90 Å². The number of benzene rings is 8. The summed E-state index contributed by atoms with van der Waals surface area (Å²) >= 11 is 0. The molecule has 1 aliphatic carbocycles. The predicted octanol–water partition coefficient (Wildman–Crippen LogP) is 13.9. The van der Waals surface area contributed by atoms with Gasteiger partial charge in [0.1, 0.15) is 6.33 Å². The van der Waals surface area contributed by atoms with E-state index in [1.54, 1.807) is 6.33 Å². The predicted molar refractivity (Wildman–Crippen MR) is 252 cm³/mol. The molecule has 2 unspecified atom stereocenters. The highest BCUT2D eigenvalue weighted by Gasteiger charge is 2.37. The number of nitrogens with zero attached hydrogens (tertiary/aromatic N) is 5. The molecule has 2 atom stereocenters. The van der Waals surface area contributed by atoms with Crippen LogP contribution in [0.1, 0.15) is 11.5 Å². The summed E-state index contributed by atoms with van der Waals surface area (Å²) in [5, 5.41) is 5.92. The van der Waals surface area contributed by atoms with Gasteiger partial charge in [-0.3, -0.25) is 0 Å². The average molecular weight is 780 g/mol. The molecule has 8 aromatic carbocycles. The molecule has 0 N–H and O–H groups in total. The van der Waals surface area contributed by atoms with Crippen LogP contribution in [0.3, 0.4) is 0 Å². The molecule has 0 saturated carbocycles. The topological polar surface area (TPSA) is 38.9 Å². The molecular weight excluding hydrogens is 743 g/mol. The molecule has 5 heteroatoms. The van der Waals surface area contributed by atoms with E-state index in [0.29, 0.717) is 5.92 Å². The Labute approximate surface area is 352 Å². The van der Waals surface area contributed by atoms with E-state index in [1.807, 2.05) is 6.20 Å². The molecule has 4 heterocycles. The SMILES string of the molecule is C1=CC2c3ccc(-c4ccc5c(c4)c4cc(-c6ccc7c8ccccc8n(-c8ccccc8)c7c6)ccc4n5-c4ccc5ncncc5c4)cc3N(c3ccccc3)C2C=C1. The molecule has 0 spiro atoms. The average Bonchev–Trinajstić information content (AvgIpc) is 3.96. The standard InChI is InChI=1S/C56H37N5/c1-3-11-41(12-4-1)59-51-17-9-7-15-44(51)46-24-19-38(32-55(46)59)36-21-27-53-48(30-36)49-31-37(22-28-54(49)61(53)43-23-26-50-40(29-43)34-57-35-58-50)39-20-25-47-45-16-8-10-18-52(45)60(56(47)33-39)42-13-5-2-6-14-42/h1-35,44,51H. The van der Waals surface area contributed by atoms with Crippen molar-refractivity contribution in [3.05, 3.63) is 218 Å². The number of fused-ring (bicyclic) bond motifs is 10. The van der Waals surface area contributed by atoms with Crippen LogP contribution < -0.4 is 4.90 Å². The Balaban J connectivity index is 1.01. The Kier molecular flexibility index (Phi) is 7.36. The van der Waals surface area contributed by atoms with Crippen LogP contribution in [0.25, 0.3) is 88.1 Å². The maximum absolute atomic E-state index is 4.52. The molecule has 1 aliphatic heterocycles. The molecule has 286 valence electrons. The first kappa shape index (κ1) is 33.9. The lowest BCUT2D eigenvalue weighted by atomic mass is 9.90. The fourth-order valence-corrected chi connectivity index (χ4v) is 10.2. The molecule has 13 rings (SSSR count). The zero-order chi connectivity index (χ0) is 40.0. The second-order valence-electron chi connectivity index (χ2n) is 16.3. The highest BCUT2D eigenvalue weighted by molar-refractivity contribution is 6.13. The van der Waals surface area contributed by atoms with Gasteiger partial charge in [0.15, 0.2) is 0 Å². The number of allylic oxidation sites excluding steroid dienone is 2. The van der Waals surface area contributed by atoms with Gasteiger partial charge < -0.3 is 14.0 Å². The van der Waals surface area contributed by atoms with E-state index in [9.17, 15) is 0 Å². The van der Waals surface area contributed by atoms with Crippen LogP contribution in [0, 0.1) is 0 Å². The third kappa shape index (κ3) is 5.20. The van der Waals surface area contributed by atoms with Gasteiger partial charge in [-0.2, -0.15) is 0 Å². The third-order valence-corrected chi connectivity index (χ3v) is 13.0. The monoisotopic (exact) mass is 779 g/mol. The molecule has 2 aliphatic rings. The van der Waals surface area contributed by atoms with Crippen LogP contribution in [-0.4, -0.2) is 25.1 Å². The van der Waals surface area contributed by atoms with Gasteiger partial charge in [-0.1, -0.05) is 115 Å². The number of rotatable bonds is 5. The number of para-hydroxylation sites is 3. The molecular formula is C56H37N5. The quantitative estimate of drug-likeness (QED) is 0.175. The zero-order valence-corrected chi connectivity index (χ0v) is 33.1. The van der Waals surface area contributed by atoms with Crippen molar-refractivity contribution in [1.29, 1.82) is 0 Å². The first-order chi connectivity index (χ1) is 30.2. The van der Waals surface area contributed by atoms with Crippen LogP contribution in [0.4, 0.5) is 11.4 Å². The maximum atomic E-state index is 4.52. The first-order valence-electron chi connectivity index (χ1n) is 21.0. The van der Waals surface area contributed by atoms with E-state index >= 15 is 0 Å². The smallest absolute Gasteiger partial charge is 0.116 e. The largest absolute Gasteiger partial charge is 0.333 e. The highest BCUT2D eigenvalue weighted by Crippen LogP contribution is 2.49. The van der Waals surface area contributed by atoms with Crippen LogP contribution >= 0.6 is 0 Å². The molecule has 0 bridgehead atoms. The molecule has 61 heavy (non-hydrogen) atoms. The van der Waals surface area contributed by atoms with E-state index in [0.717, 1.165) is 33.3 Å². The van der Waals surface area contributed by atoms with Gasteiger partial charge >= 0.3 is 0 Å². The van der Waals surface area contributed by atoms with Crippen molar-refractivity contribution < 1.29 is 0 Å². The maximum Gasteiger partial charge on any atom is 0.116 e. The van der Waals surface area contributed by atoms with Crippen molar-refractivity contribution in [2.45, 2.75) is 12.0 Å². The first-order valence-corrected chi connectivity index (χ1v) is 21.0. The molecule has 0 radical (unpaired) electrons. The van der Waals surface area contributed by atoms with Crippen LogP contribution in [0.15, 0.2) is 213 Å². The van der Waals surface area contributed by atoms with Gasteiger partial charge in [0.25, 0.3) is 0 Å². The highest BCUT2D eigenvalue weighted by atomic mass is 15.2. The molecule has 0 saturated heterocycles. The Bertz CT molecular complexity index is 3610. The van der Waals surface area contributed by atoms with E-state index < -0.39 is 0 Å². The number of anilines is 2. The Morgan fingerprint density at radius 1 is 0.426 bits per heavy atom. The summed E-state index contributed by atoms with van der Waals surface area (Å²) in [5.41, 5.74) is 16.5. The Morgan fingerprint density at radius 3 is 1.85 bits per heavy atom. The van der Waals surface area contributed by atoms with Gasteiger partial charge in [-0.25, -0.2) is 9.97 Å². The Hall–Kier alpha value is -8.02. The van der Waals surface area contributed by atoms with Gasteiger partial charge in [0.2, 0.25) is 0 Å². The summed E-state index contributed by atoms with van der Waals surface area (Å²) in [6.45, 7) is 0. The lowest BCUT2D eigenvalue weighted by Crippen LogP contribution is -2.28. The van der Waals surface area contributed by atoms with E-state index in [2.05, 4.69) is 224 Å². The molecule has 5 nitrogen and oxygen atoms in total. The van der Waals surface area contributed by atoms with Gasteiger partial charge in [-0.15, -0.1) is 0 Å². The van der Waals surface area contributed by atoms with E-state index in [4.69, 9.17) is 0 Å². The summed E-state index contributed by atoms with van der Waals surface area (Å²) in [6, 6.07) is 64.9. The summed E-state index contributed by atoms with van der Waals surface area (Å²) in [4.78, 5) is 11.4. The normalized spacial score (nSPS) is 15.7. The lowest BCUT2D eigenvalue weighted by Gasteiger charge is -2.28. The molecule has 0 amide bonds. The summed E-state index contributed by atoms with van der Waals surface area (Å²) in [6.07, 6.45) is 12.6. The van der Waals surface area contributed by atoms with Crippen LogP contribution in [0.2, 0.25) is 0 Å². The van der Waals surface area contributed by atoms with Crippen molar-refractivity contribution in [2.24, 2.45) is 0 Å². The van der Waals surface area contributed by atoms with Gasteiger partial charge in [-0.05, 0) is 113 Å². The number of aromatic nitrogens is 4. The fraction of sp³-hybridized carbons (Fsp3) is 0.0357. The zero-order valence-electron chi connectivity index (χ0n) is 33.1. The number of hydrogen-bond donors (Lipinski definition) is 0.